The van der Waals surface area contributed by atoms with Gasteiger partial charge in [0, 0.05) is 0 Å². The zero-order chi connectivity index (χ0) is 21.9. The highest BCUT2D eigenvalue weighted by Gasteiger charge is 2.30. The summed E-state index contributed by atoms with van der Waals surface area (Å²) >= 11 is 0. The summed E-state index contributed by atoms with van der Waals surface area (Å²) in [6.45, 7) is 0.812. The molecule has 0 saturated heterocycles. The van der Waals surface area contributed by atoms with Gasteiger partial charge in [0.25, 0.3) is 0 Å². The van der Waals surface area contributed by atoms with Gasteiger partial charge in [-0.2, -0.15) is 8.78 Å². The van der Waals surface area contributed by atoms with Crippen molar-refractivity contribution in [1.29, 1.82) is 0 Å². The van der Waals surface area contributed by atoms with E-state index in [-0.39, 0.29) is 11.5 Å². The van der Waals surface area contributed by atoms with E-state index in [9.17, 15) is 8.78 Å². The van der Waals surface area contributed by atoms with Gasteiger partial charge in [0.1, 0.15) is 6.61 Å². The molecular formula is C28H38F2O2. The Morgan fingerprint density at radius 2 is 1.28 bits per heavy atom. The first-order valence-corrected chi connectivity index (χ1v) is 13.1. The third-order valence-corrected chi connectivity index (χ3v) is 8.38. The Morgan fingerprint density at radius 3 is 1.84 bits per heavy atom. The highest BCUT2D eigenvalue weighted by molar-refractivity contribution is 5.35. The Morgan fingerprint density at radius 1 is 0.688 bits per heavy atom. The van der Waals surface area contributed by atoms with Crippen molar-refractivity contribution < 1.29 is 18.3 Å². The normalized spacial score (nSPS) is 28.3. The molecule has 0 aliphatic heterocycles. The predicted octanol–water partition coefficient (Wildman–Crippen LogP) is 7.86. The second kappa shape index (κ2) is 10.1. The molecule has 0 heterocycles. The molecule has 0 radical (unpaired) electrons. The van der Waals surface area contributed by atoms with Crippen molar-refractivity contribution in [2.75, 3.05) is 13.2 Å². The summed E-state index contributed by atoms with van der Waals surface area (Å²) in [6, 6.07) is 2.98. The van der Waals surface area contributed by atoms with Gasteiger partial charge in [-0.05, 0) is 92.2 Å². The lowest BCUT2D eigenvalue weighted by atomic mass is 9.70. The standard InChI is InChI=1S/C28H38F2O2/c29-27-25(31-17-21-5-6-21)15-16-26(28(27)30)32-18-22-9-13-24(14-10-22)23-11-7-20(8-12-23)4-3-19-1-2-19/h9,15-16,19-21,23-24H,1-8,10-14,17-18H2. The van der Waals surface area contributed by atoms with E-state index < -0.39 is 11.6 Å². The highest BCUT2D eigenvalue weighted by atomic mass is 19.2. The van der Waals surface area contributed by atoms with Gasteiger partial charge in [-0.3, -0.25) is 0 Å². The van der Waals surface area contributed by atoms with Crippen molar-refractivity contribution in [2.45, 2.75) is 83.5 Å². The summed E-state index contributed by atoms with van der Waals surface area (Å²) in [4.78, 5) is 0. The monoisotopic (exact) mass is 444 g/mol. The fourth-order valence-electron chi connectivity index (χ4n) is 5.69. The first kappa shape index (κ1) is 22.2. The summed E-state index contributed by atoms with van der Waals surface area (Å²) in [6.07, 6.45) is 19.4. The molecule has 0 spiro atoms. The molecule has 4 heteroatoms. The van der Waals surface area contributed by atoms with Crippen LogP contribution in [0.15, 0.2) is 23.8 Å². The molecule has 1 aromatic rings. The molecule has 0 bridgehead atoms. The van der Waals surface area contributed by atoms with Crippen LogP contribution in [0.2, 0.25) is 0 Å². The van der Waals surface area contributed by atoms with Crippen molar-refractivity contribution in [3.8, 4) is 11.5 Å². The van der Waals surface area contributed by atoms with Crippen LogP contribution in [0.4, 0.5) is 8.78 Å². The Hall–Kier alpha value is -1.58. The smallest absolute Gasteiger partial charge is 0.204 e. The molecule has 5 rings (SSSR count). The van der Waals surface area contributed by atoms with Gasteiger partial charge in [0.15, 0.2) is 11.5 Å². The summed E-state index contributed by atoms with van der Waals surface area (Å²) in [5.74, 6) is 2.31. The molecule has 32 heavy (non-hydrogen) atoms. The maximum Gasteiger partial charge on any atom is 0.204 e. The number of allylic oxidation sites excluding steroid dienone is 1. The van der Waals surface area contributed by atoms with Crippen molar-refractivity contribution in [2.24, 2.45) is 29.6 Å². The lowest BCUT2D eigenvalue weighted by Gasteiger charge is -2.35. The van der Waals surface area contributed by atoms with Crippen LogP contribution < -0.4 is 9.47 Å². The van der Waals surface area contributed by atoms with Crippen molar-refractivity contribution in [1.82, 2.24) is 0 Å². The molecule has 176 valence electrons. The number of rotatable bonds is 10. The van der Waals surface area contributed by atoms with Crippen LogP contribution in [0.25, 0.3) is 0 Å². The zero-order valence-electron chi connectivity index (χ0n) is 19.3. The molecule has 0 N–H and O–H groups in total. The lowest BCUT2D eigenvalue weighted by molar-refractivity contribution is 0.182. The molecule has 1 aromatic carbocycles. The minimum absolute atomic E-state index is 0.0104. The molecular weight excluding hydrogens is 406 g/mol. The third kappa shape index (κ3) is 5.85. The number of hydrogen-bond donors (Lipinski definition) is 0. The van der Waals surface area contributed by atoms with Crippen molar-refractivity contribution in [3.63, 3.8) is 0 Å². The van der Waals surface area contributed by atoms with Crippen LogP contribution in [-0.4, -0.2) is 13.2 Å². The van der Waals surface area contributed by atoms with E-state index in [1.54, 1.807) is 0 Å². The SMILES string of the molecule is Fc1c(OCC2=CCC(C3CCC(CCC4CC4)CC3)CC2)ccc(OCC2CC2)c1F. The highest BCUT2D eigenvalue weighted by Crippen LogP contribution is 2.43. The number of ether oxygens (including phenoxy) is 2. The Kier molecular flexibility index (Phi) is 7.04. The van der Waals surface area contributed by atoms with Gasteiger partial charge >= 0.3 is 0 Å². The molecule has 1 atom stereocenters. The summed E-state index contributed by atoms with van der Waals surface area (Å²) in [7, 11) is 0. The molecule has 3 saturated carbocycles. The number of benzene rings is 1. The fourth-order valence-corrected chi connectivity index (χ4v) is 5.69. The van der Waals surface area contributed by atoms with E-state index >= 15 is 0 Å². The first-order valence-electron chi connectivity index (χ1n) is 13.1. The van der Waals surface area contributed by atoms with Crippen molar-refractivity contribution in [3.05, 3.63) is 35.4 Å². The summed E-state index contributed by atoms with van der Waals surface area (Å²) in [5, 5.41) is 0. The summed E-state index contributed by atoms with van der Waals surface area (Å²) < 4.78 is 39.7. The van der Waals surface area contributed by atoms with Crippen LogP contribution >= 0.6 is 0 Å². The topological polar surface area (TPSA) is 18.5 Å². The molecule has 2 nitrogen and oxygen atoms in total. The second-order valence-corrected chi connectivity index (χ2v) is 10.9. The number of hydrogen-bond acceptors (Lipinski definition) is 2. The van der Waals surface area contributed by atoms with Gasteiger partial charge in [-0.15, -0.1) is 0 Å². The average molecular weight is 445 g/mol. The molecule has 0 amide bonds. The Labute approximate surface area is 191 Å². The second-order valence-electron chi connectivity index (χ2n) is 10.9. The summed E-state index contributed by atoms with van der Waals surface area (Å²) in [5.41, 5.74) is 1.22. The molecule has 4 aliphatic carbocycles. The van der Waals surface area contributed by atoms with E-state index in [1.807, 2.05) is 0 Å². The third-order valence-electron chi connectivity index (χ3n) is 8.38. The molecule has 3 fully saturated rings. The first-order chi connectivity index (χ1) is 15.7. The van der Waals surface area contributed by atoms with Gasteiger partial charge in [-0.25, -0.2) is 0 Å². The maximum absolute atomic E-state index is 14.4. The van der Waals surface area contributed by atoms with Crippen LogP contribution in [0.3, 0.4) is 0 Å². The predicted molar refractivity (Wildman–Crippen MR) is 123 cm³/mol. The largest absolute Gasteiger partial charge is 0.490 e. The van der Waals surface area contributed by atoms with Gasteiger partial charge in [-0.1, -0.05) is 44.6 Å². The Bertz CT molecular complexity index is 804. The van der Waals surface area contributed by atoms with Crippen LogP contribution in [-0.2, 0) is 0 Å². The molecule has 4 aliphatic rings. The maximum atomic E-state index is 14.4. The van der Waals surface area contributed by atoms with Crippen LogP contribution in [0, 0.1) is 41.2 Å². The van der Waals surface area contributed by atoms with Crippen LogP contribution in [0.1, 0.15) is 83.5 Å². The van der Waals surface area contributed by atoms with E-state index in [2.05, 4.69) is 6.08 Å². The van der Waals surface area contributed by atoms with Gasteiger partial charge in [0.2, 0.25) is 11.6 Å². The average Bonchev–Trinajstić information content (AvgIpc) is 3.74. The van der Waals surface area contributed by atoms with E-state index in [0.717, 1.165) is 49.4 Å². The van der Waals surface area contributed by atoms with Gasteiger partial charge < -0.3 is 9.47 Å². The molecule has 0 aromatic heterocycles. The van der Waals surface area contributed by atoms with E-state index in [4.69, 9.17) is 9.47 Å². The van der Waals surface area contributed by atoms with Crippen molar-refractivity contribution >= 4 is 0 Å². The van der Waals surface area contributed by atoms with Gasteiger partial charge in [0.05, 0.1) is 6.61 Å². The molecule has 1 unspecified atom stereocenters. The quantitative estimate of drug-likeness (QED) is 0.342. The minimum Gasteiger partial charge on any atom is -0.490 e. The lowest BCUT2D eigenvalue weighted by Crippen LogP contribution is -2.24. The van der Waals surface area contributed by atoms with E-state index in [0.29, 0.717) is 19.1 Å². The Balaban J connectivity index is 1.05. The van der Waals surface area contributed by atoms with E-state index in [1.165, 1.54) is 75.5 Å². The number of halogens is 2. The minimum atomic E-state index is -0.939. The zero-order valence-corrected chi connectivity index (χ0v) is 19.3. The van der Waals surface area contributed by atoms with Crippen LogP contribution in [0.5, 0.6) is 11.5 Å². The fraction of sp³-hybridized carbons (Fsp3) is 0.714.